The van der Waals surface area contributed by atoms with E-state index in [-0.39, 0.29) is 6.54 Å². The number of aryl methyl sites for hydroxylation is 1. The molecule has 3 N–H and O–H groups in total. The SMILES string of the molecule is CCc1ccccc1NC(=O)C(=O)NCC1(O)CCCCCC1. The Labute approximate surface area is 137 Å². The zero-order chi connectivity index (χ0) is 16.7. The van der Waals surface area contributed by atoms with Gasteiger partial charge in [0.1, 0.15) is 0 Å². The van der Waals surface area contributed by atoms with E-state index in [1.807, 2.05) is 25.1 Å². The minimum Gasteiger partial charge on any atom is -0.388 e. The number of benzene rings is 1. The van der Waals surface area contributed by atoms with Crippen molar-refractivity contribution in [3.8, 4) is 0 Å². The molecule has 0 aliphatic heterocycles. The fourth-order valence-corrected chi connectivity index (χ4v) is 3.02. The van der Waals surface area contributed by atoms with Crippen LogP contribution in [0, 0.1) is 0 Å². The highest BCUT2D eigenvalue weighted by molar-refractivity contribution is 6.39. The Morgan fingerprint density at radius 2 is 1.74 bits per heavy atom. The van der Waals surface area contributed by atoms with Crippen molar-refractivity contribution in [1.29, 1.82) is 0 Å². The Morgan fingerprint density at radius 3 is 2.39 bits per heavy atom. The maximum atomic E-state index is 12.0. The van der Waals surface area contributed by atoms with E-state index in [0.29, 0.717) is 18.5 Å². The molecule has 1 aliphatic rings. The minimum absolute atomic E-state index is 0.134. The second-order valence-electron chi connectivity index (χ2n) is 6.29. The largest absolute Gasteiger partial charge is 0.388 e. The van der Waals surface area contributed by atoms with Gasteiger partial charge in [-0.2, -0.15) is 0 Å². The zero-order valence-electron chi connectivity index (χ0n) is 13.7. The summed E-state index contributed by atoms with van der Waals surface area (Å²) < 4.78 is 0. The van der Waals surface area contributed by atoms with Gasteiger partial charge >= 0.3 is 11.8 Å². The summed E-state index contributed by atoms with van der Waals surface area (Å²) in [7, 11) is 0. The summed E-state index contributed by atoms with van der Waals surface area (Å²) in [4.78, 5) is 24.0. The van der Waals surface area contributed by atoms with Crippen LogP contribution in [0.4, 0.5) is 5.69 Å². The van der Waals surface area contributed by atoms with Crippen LogP contribution in [0.2, 0.25) is 0 Å². The molecule has 1 aromatic rings. The molecule has 1 fully saturated rings. The summed E-state index contributed by atoms with van der Waals surface area (Å²) in [5.74, 6) is -1.39. The summed E-state index contributed by atoms with van der Waals surface area (Å²) in [6.07, 6.45) is 6.28. The number of carbonyl (C=O) groups excluding carboxylic acids is 2. The number of aliphatic hydroxyl groups is 1. The van der Waals surface area contributed by atoms with Crippen molar-refractivity contribution >= 4 is 17.5 Å². The summed E-state index contributed by atoms with van der Waals surface area (Å²) in [5.41, 5.74) is 0.757. The van der Waals surface area contributed by atoms with Crippen molar-refractivity contribution in [2.75, 3.05) is 11.9 Å². The normalized spacial score (nSPS) is 17.1. The van der Waals surface area contributed by atoms with E-state index < -0.39 is 17.4 Å². The van der Waals surface area contributed by atoms with Gasteiger partial charge in [-0.05, 0) is 30.9 Å². The second-order valence-corrected chi connectivity index (χ2v) is 6.29. The maximum Gasteiger partial charge on any atom is 0.313 e. The molecule has 0 aromatic heterocycles. The minimum atomic E-state index is -0.881. The van der Waals surface area contributed by atoms with Crippen LogP contribution in [-0.4, -0.2) is 29.1 Å². The topological polar surface area (TPSA) is 78.4 Å². The fourth-order valence-electron chi connectivity index (χ4n) is 3.02. The van der Waals surface area contributed by atoms with Crippen LogP contribution in [0.3, 0.4) is 0 Å². The molecule has 0 spiro atoms. The van der Waals surface area contributed by atoms with Crippen LogP contribution in [-0.2, 0) is 16.0 Å². The third-order valence-electron chi connectivity index (χ3n) is 4.46. The van der Waals surface area contributed by atoms with Crippen molar-refractivity contribution in [3.63, 3.8) is 0 Å². The van der Waals surface area contributed by atoms with Crippen LogP contribution in [0.1, 0.15) is 51.0 Å². The van der Waals surface area contributed by atoms with Gasteiger partial charge in [-0.1, -0.05) is 50.8 Å². The van der Waals surface area contributed by atoms with Crippen LogP contribution in [0.15, 0.2) is 24.3 Å². The van der Waals surface area contributed by atoms with Gasteiger partial charge in [0.05, 0.1) is 5.60 Å². The van der Waals surface area contributed by atoms with Crippen LogP contribution in [0.5, 0.6) is 0 Å². The van der Waals surface area contributed by atoms with Gasteiger partial charge in [0.25, 0.3) is 0 Å². The third kappa shape index (κ3) is 5.06. The number of nitrogens with one attached hydrogen (secondary N) is 2. The monoisotopic (exact) mass is 318 g/mol. The summed E-state index contributed by atoms with van der Waals surface area (Å²) in [6, 6.07) is 7.42. The van der Waals surface area contributed by atoms with Crippen molar-refractivity contribution < 1.29 is 14.7 Å². The average molecular weight is 318 g/mol. The van der Waals surface area contributed by atoms with E-state index in [4.69, 9.17) is 0 Å². The van der Waals surface area contributed by atoms with Gasteiger partial charge in [0, 0.05) is 12.2 Å². The molecule has 0 unspecified atom stereocenters. The molecule has 2 rings (SSSR count). The average Bonchev–Trinajstić information content (AvgIpc) is 2.78. The second kappa shape index (κ2) is 8.11. The predicted molar refractivity (Wildman–Crippen MR) is 90.1 cm³/mol. The molecule has 0 heterocycles. The number of hydrogen-bond donors (Lipinski definition) is 3. The number of rotatable bonds is 4. The third-order valence-corrected chi connectivity index (χ3v) is 4.46. The van der Waals surface area contributed by atoms with E-state index in [1.165, 1.54) is 0 Å². The number of carbonyl (C=O) groups is 2. The lowest BCUT2D eigenvalue weighted by Gasteiger charge is -2.26. The molecule has 1 aromatic carbocycles. The zero-order valence-corrected chi connectivity index (χ0v) is 13.7. The molecular formula is C18H26N2O3. The van der Waals surface area contributed by atoms with Gasteiger partial charge in [0.15, 0.2) is 0 Å². The van der Waals surface area contributed by atoms with Gasteiger partial charge in [0.2, 0.25) is 0 Å². The molecule has 0 atom stereocenters. The van der Waals surface area contributed by atoms with E-state index in [1.54, 1.807) is 6.07 Å². The lowest BCUT2D eigenvalue weighted by molar-refractivity contribution is -0.136. The van der Waals surface area contributed by atoms with Crippen molar-refractivity contribution in [3.05, 3.63) is 29.8 Å². The first-order valence-electron chi connectivity index (χ1n) is 8.43. The standard InChI is InChI=1S/C18H26N2O3/c1-2-14-9-5-6-10-15(14)20-17(22)16(21)19-13-18(23)11-7-3-4-8-12-18/h5-6,9-10,23H,2-4,7-8,11-13H2,1H3,(H,19,21)(H,20,22). The molecule has 2 amide bonds. The highest BCUT2D eigenvalue weighted by Crippen LogP contribution is 2.26. The van der Waals surface area contributed by atoms with E-state index in [0.717, 1.165) is 37.7 Å². The van der Waals surface area contributed by atoms with Crippen LogP contribution < -0.4 is 10.6 Å². The highest BCUT2D eigenvalue weighted by Gasteiger charge is 2.29. The Bertz CT molecular complexity index is 549. The number of amides is 2. The molecular weight excluding hydrogens is 292 g/mol. The van der Waals surface area contributed by atoms with E-state index >= 15 is 0 Å². The molecule has 1 aliphatic carbocycles. The van der Waals surface area contributed by atoms with Gasteiger partial charge in [-0.15, -0.1) is 0 Å². The molecule has 23 heavy (non-hydrogen) atoms. The Kier molecular flexibility index (Phi) is 6.16. The summed E-state index contributed by atoms with van der Waals surface area (Å²) in [5, 5.41) is 15.7. The Hall–Kier alpha value is -1.88. The number of anilines is 1. The Morgan fingerprint density at radius 1 is 1.09 bits per heavy atom. The number of para-hydroxylation sites is 1. The molecule has 0 bridgehead atoms. The first kappa shape index (κ1) is 17.5. The Balaban J connectivity index is 1.88. The molecule has 0 radical (unpaired) electrons. The fraction of sp³-hybridized carbons (Fsp3) is 0.556. The first-order valence-corrected chi connectivity index (χ1v) is 8.43. The quantitative estimate of drug-likeness (QED) is 0.589. The van der Waals surface area contributed by atoms with E-state index in [9.17, 15) is 14.7 Å². The lowest BCUT2D eigenvalue weighted by atomic mass is 9.94. The predicted octanol–water partition coefficient (Wildman–Crippen LogP) is 2.39. The first-order chi connectivity index (χ1) is 11.0. The number of hydrogen-bond acceptors (Lipinski definition) is 3. The van der Waals surface area contributed by atoms with Crippen molar-refractivity contribution in [2.45, 2.75) is 57.5 Å². The van der Waals surface area contributed by atoms with Crippen molar-refractivity contribution in [2.24, 2.45) is 0 Å². The van der Waals surface area contributed by atoms with Gasteiger partial charge < -0.3 is 15.7 Å². The molecule has 0 saturated heterocycles. The maximum absolute atomic E-state index is 12.0. The van der Waals surface area contributed by atoms with Gasteiger partial charge in [-0.3, -0.25) is 9.59 Å². The van der Waals surface area contributed by atoms with Crippen LogP contribution in [0.25, 0.3) is 0 Å². The smallest absolute Gasteiger partial charge is 0.313 e. The molecule has 5 heteroatoms. The molecule has 1 saturated carbocycles. The van der Waals surface area contributed by atoms with Gasteiger partial charge in [-0.25, -0.2) is 0 Å². The molecule has 126 valence electrons. The van der Waals surface area contributed by atoms with Crippen molar-refractivity contribution in [1.82, 2.24) is 5.32 Å². The lowest BCUT2D eigenvalue weighted by Crippen LogP contribution is -2.46. The summed E-state index contributed by atoms with van der Waals surface area (Å²) in [6.45, 7) is 2.13. The highest BCUT2D eigenvalue weighted by atomic mass is 16.3. The van der Waals surface area contributed by atoms with E-state index in [2.05, 4.69) is 10.6 Å². The molecule has 5 nitrogen and oxygen atoms in total. The summed E-state index contributed by atoms with van der Waals surface area (Å²) >= 11 is 0. The van der Waals surface area contributed by atoms with Crippen LogP contribution >= 0.6 is 0 Å².